The minimum Gasteiger partial charge on any atom is -0.208 e. The molecule has 2 aromatic heterocycles. The molecule has 9 aromatic carbocycles. The summed E-state index contributed by atoms with van der Waals surface area (Å²) < 4.78 is 2.61. The highest BCUT2D eigenvalue weighted by Gasteiger charge is 2.51. The van der Waals surface area contributed by atoms with E-state index in [2.05, 4.69) is 194 Å². The Morgan fingerprint density at radius 1 is 0.274 bits per heavy atom. The van der Waals surface area contributed by atoms with Crippen molar-refractivity contribution in [2.75, 3.05) is 0 Å². The van der Waals surface area contributed by atoms with Crippen molar-refractivity contribution < 1.29 is 0 Å². The van der Waals surface area contributed by atoms with Crippen LogP contribution in [0.25, 0.3) is 98.8 Å². The van der Waals surface area contributed by atoms with E-state index < -0.39 is 0 Å². The number of hydrogen-bond acceptors (Lipinski definition) is 4. The van der Waals surface area contributed by atoms with Crippen molar-refractivity contribution >= 4 is 31.5 Å². The van der Waals surface area contributed by atoms with Gasteiger partial charge in [-0.25, -0.2) is 15.0 Å². The maximum absolute atomic E-state index is 5.16. The van der Waals surface area contributed by atoms with Gasteiger partial charge in [0, 0.05) is 36.9 Å². The van der Waals surface area contributed by atoms with E-state index in [1.807, 2.05) is 29.5 Å². The molecule has 1 spiro atoms. The summed E-state index contributed by atoms with van der Waals surface area (Å²) in [5.74, 6) is 1.92. The van der Waals surface area contributed by atoms with E-state index in [0.29, 0.717) is 17.5 Å². The van der Waals surface area contributed by atoms with Gasteiger partial charge in [-0.15, -0.1) is 11.3 Å². The maximum atomic E-state index is 5.16. The molecule has 0 saturated heterocycles. The van der Waals surface area contributed by atoms with Gasteiger partial charge in [0.05, 0.1) is 5.41 Å². The van der Waals surface area contributed by atoms with Crippen molar-refractivity contribution in [1.82, 2.24) is 15.0 Å². The molecule has 0 bridgehead atoms. The largest absolute Gasteiger partial charge is 0.208 e. The van der Waals surface area contributed by atoms with Crippen LogP contribution in [0.2, 0.25) is 0 Å². The lowest BCUT2D eigenvalue weighted by atomic mass is 9.70. The smallest absolute Gasteiger partial charge is 0.164 e. The highest BCUT2D eigenvalue weighted by molar-refractivity contribution is 7.25. The summed E-state index contributed by atoms with van der Waals surface area (Å²) in [5.41, 5.74) is 17.6. The molecule has 13 rings (SSSR count). The summed E-state index contributed by atoms with van der Waals surface area (Å²) in [7, 11) is 0. The number of hydrogen-bond donors (Lipinski definition) is 0. The Hall–Kier alpha value is -7.79. The normalized spacial score (nSPS) is 13.0. The predicted molar refractivity (Wildman–Crippen MR) is 256 cm³/mol. The van der Waals surface area contributed by atoms with Crippen LogP contribution in [0.5, 0.6) is 0 Å². The molecule has 3 nitrogen and oxygen atoms in total. The van der Waals surface area contributed by atoms with Crippen LogP contribution >= 0.6 is 11.3 Å². The highest BCUT2D eigenvalue weighted by Crippen LogP contribution is 2.63. The molecule has 0 N–H and O–H groups in total. The van der Waals surface area contributed by atoms with Crippen LogP contribution in [-0.2, 0) is 5.41 Å². The molecule has 0 fully saturated rings. The third-order valence-corrected chi connectivity index (χ3v) is 14.1. The fraction of sp³-hybridized carbons (Fsp3) is 0.0172. The van der Waals surface area contributed by atoms with Crippen LogP contribution in [-0.4, -0.2) is 15.0 Å². The van der Waals surface area contributed by atoms with E-state index in [1.54, 1.807) is 0 Å². The molecule has 0 saturated carbocycles. The molecule has 288 valence electrons. The third-order valence-electron chi connectivity index (χ3n) is 13.0. The van der Waals surface area contributed by atoms with Crippen molar-refractivity contribution in [1.29, 1.82) is 0 Å². The summed E-state index contributed by atoms with van der Waals surface area (Å²) in [6.07, 6.45) is 0. The summed E-state index contributed by atoms with van der Waals surface area (Å²) in [6, 6.07) is 76.8. The standard InChI is InChI=1S/C58H35N3S/c1-2-13-37(14-3-1)55-59-56(38-27-25-36(26-28-38)41-29-31-47-46-20-7-11-24-53(46)62-54(47)35-41)61-57(60-55)42-16-12-15-39(33-42)40-30-32-52-48(34-40)45-19-6-10-23-51(45)58(52)49-21-8-4-17-43(49)44-18-5-9-22-50(44)58/h1-35H. The molecule has 0 amide bonds. The van der Waals surface area contributed by atoms with E-state index in [9.17, 15) is 0 Å². The van der Waals surface area contributed by atoms with Crippen molar-refractivity contribution in [2.45, 2.75) is 5.41 Å². The SMILES string of the molecule is c1ccc(-c2nc(-c3ccc(-c4ccc5c(c4)sc4ccccc45)cc3)nc(-c3cccc(-c4ccc5c(c4)-c4ccccc4C54c5ccccc5-c5ccccc54)c3)n2)cc1. The minimum absolute atomic E-state index is 0.362. The van der Waals surface area contributed by atoms with E-state index in [1.165, 1.54) is 70.2 Å². The van der Waals surface area contributed by atoms with E-state index in [4.69, 9.17) is 15.0 Å². The third kappa shape index (κ3) is 5.20. The first-order chi connectivity index (χ1) is 30.7. The molecule has 0 aliphatic heterocycles. The second-order valence-corrected chi connectivity index (χ2v) is 17.4. The van der Waals surface area contributed by atoms with E-state index >= 15 is 0 Å². The first-order valence-electron chi connectivity index (χ1n) is 21.1. The molecular weight excluding hydrogens is 771 g/mol. The summed E-state index contributed by atoms with van der Waals surface area (Å²) >= 11 is 1.84. The second-order valence-electron chi connectivity index (χ2n) is 16.3. The molecule has 2 heterocycles. The summed E-state index contributed by atoms with van der Waals surface area (Å²) in [4.78, 5) is 15.3. The van der Waals surface area contributed by atoms with Crippen LogP contribution < -0.4 is 0 Å². The predicted octanol–water partition coefficient (Wildman–Crippen LogP) is 14.9. The Balaban J connectivity index is 0.897. The fourth-order valence-electron chi connectivity index (χ4n) is 10.2. The molecule has 62 heavy (non-hydrogen) atoms. The molecular formula is C58H35N3S. The molecule has 2 aliphatic rings. The number of benzene rings is 9. The Morgan fingerprint density at radius 2 is 0.726 bits per heavy atom. The average molecular weight is 806 g/mol. The highest BCUT2D eigenvalue weighted by atomic mass is 32.1. The monoisotopic (exact) mass is 805 g/mol. The fourth-order valence-corrected chi connectivity index (χ4v) is 11.3. The van der Waals surface area contributed by atoms with Gasteiger partial charge in [-0.05, 0) is 91.0 Å². The summed E-state index contributed by atoms with van der Waals surface area (Å²) in [6.45, 7) is 0. The average Bonchev–Trinajstić information content (AvgIpc) is 3.98. The van der Waals surface area contributed by atoms with Crippen LogP contribution in [0.4, 0.5) is 0 Å². The van der Waals surface area contributed by atoms with Gasteiger partial charge in [-0.2, -0.15) is 0 Å². The van der Waals surface area contributed by atoms with Gasteiger partial charge in [0.1, 0.15) is 0 Å². The van der Waals surface area contributed by atoms with Crippen molar-refractivity contribution in [3.63, 3.8) is 0 Å². The van der Waals surface area contributed by atoms with Crippen LogP contribution in [0.15, 0.2) is 212 Å². The topological polar surface area (TPSA) is 38.7 Å². The van der Waals surface area contributed by atoms with Crippen LogP contribution in [0, 0.1) is 0 Å². The number of aromatic nitrogens is 3. The zero-order valence-electron chi connectivity index (χ0n) is 33.5. The first-order valence-corrected chi connectivity index (χ1v) is 21.9. The lowest BCUT2D eigenvalue weighted by Crippen LogP contribution is -2.25. The quantitative estimate of drug-likeness (QED) is 0.174. The Labute approximate surface area is 363 Å². The molecule has 0 atom stereocenters. The van der Waals surface area contributed by atoms with Gasteiger partial charge in [-0.1, -0.05) is 188 Å². The number of thiophene rings is 1. The van der Waals surface area contributed by atoms with Crippen LogP contribution in [0.3, 0.4) is 0 Å². The first kappa shape index (κ1) is 35.0. The van der Waals surface area contributed by atoms with Crippen molar-refractivity contribution in [3.05, 3.63) is 235 Å². The molecule has 2 aliphatic carbocycles. The zero-order chi connectivity index (χ0) is 40.8. The molecule has 4 heteroatoms. The second kappa shape index (κ2) is 13.6. The zero-order valence-corrected chi connectivity index (χ0v) is 34.3. The molecule has 11 aromatic rings. The number of rotatable bonds is 5. The molecule has 0 radical (unpaired) electrons. The lowest BCUT2D eigenvalue weighted by Gasteiger charge is -2.30. The number of fused-ring (bicyclic) bond motifs is 13. The minimum atomic E-state index is -0.362. The lowest BCUT2D eigenvalue weighted by molar-refractivity contribution is 0.794. The van der Waals surface area contributed by atoms with Crippen LogP contribution in [0.1, 0.15) is 22.3 Å². The van der Waals surface area contributed by atoms with Gasteiger partial charge in [-0.3, -0.25) is 0 Å². The van der Waals surface area contributed by atoms with Gasteiger partial charge in [0.25, 0.3) is 0 Å². The van der Waals surface area contributed by atoms with E-state index in [0.717, 1.165) is 33.4 Å². The molecule has 0 unspecified atom stereocenters. The number of nitrogens with zero attached hydrogens (tertiary/aromatic N) is 3. The van der Waals surface area contributed by atoms with Crippen molar-refractivity contribution in [3.8, 4) is 78.7 Å². The maximum Gasteiger partial charge on any atom is 0.164 e. The summed E-state index contributed by atoms with van der Waals surface area (Å²) in [5, 5.41) is 2.62. The van der Waals surface area contributed by atoms with Gasteiger partial charge >= 0.3 is 0 Å². The Bertz CT molecular complexity index is 3540. The van der Waals surface area contributed by atoms with Gasteiger partial charge in [0.2, 0.25) is 0 Å². The van der Waals surface area contributed by atoms with Gasteiger partial charge < -0.3 is 0 Å². The van der Waals surface area contributed by atoms with Gasteiger partial charge in [0.15, 0.2) is 17.5 Å². The Kier molecular flexibility index (Phi) is 7.69. The Morgan fingerprint density at radius 3 is 1.44 bits per heavy atom. The van der Waals surface area contributed by atoms with Crippen molar-refractivity contribution in [2.24, 2.45) is 0 Å². The van der Waals surface area contributed by atoms with E-state index in [-0.39, 0.29) is 5.41 Å².